The van der Waals surface area contributed by atoms with E-state index in [1.54, 1.807) is 12.1 Å². The lowest BCUT2D eigenvalue weighted by molar-refractivity contribution is -0.384. The normalized spacial score (nSPS) is 16.7. The Morgan fingerprint density at radius 2 is 2.05 bits per heavy atom. The van der Waals surface area contributed by atoms with Crippen molar-refractivity contribution < 1.29 is 4.92 Å². The second kappa shape index (κ2) is 5.66. The standard InChI is InChI=1S/C17H18N2O2/c1-2-18-17-9-7-14-10-13(6-8-16(14)17)12-4-3-5-15(11-12)19(20)21/h3-6,8,10-11,17-18H,2,7,9H2,1H3. The average molecular weight is 282 g/mol. The monoisotopic (exact) mass is 282 g/mol. The quantitative estimate of drug-likeness (QED) is 0.684. The van der Waals surface area contributed by atoms with Gasteiger partial charge < -0.3 is 5.32 Å². The number of nitrogens with one attached hydrogen (secondary N) is 1. The highest BCUT2D eigenvalue weighted by Gasteiger charge is 2.21. The Kier molecular flexibility index (Phi) is 3.71. The van der Waals surface area contributed by atoms with Crippen molar-refractivity contribution in [2.24, 2.45) is 0 Å². The predicted octanol–water partition coefficient (Wildman–Crippen LogP) is 3.86. The van der Waals surface area contributed by atoms with Crippen LogP contribution in [0.4, 0.5) is 5.69 Å². The van der Waals surface area contributed by atoms with Gasteiger partial charge in [0.05, 0.1) is 4.92 Å². The summed E-state index contributed by atoms with van der Waals surface area (Å²) < 4.78 is 0. The van der Waals surface area contributed by atoms with Crippen LogP contribution in [0, 0.1) is 10.1 Å². The Bertz CT molecular complexity index is 682. The van der Waals surface area contributed by atoms with E-state index in [9.17, 15) is 10.1 Å². The molecule has 108 valence electrons. The van der Waals surface area contributed by atoms with Gasteiger partial charge in [0.25, 0.3) is 5.69 Å². The molecule has 3 rings (SSSR count). The summed E-state index contributed by atoms with van der Waals surface area (Å²) in [5.41, 5.74) is 4.81. The second-order valence-corrected chi connectivity index (χ2v) is 5.37. The number of hydrogen-bond acceptors (Lipinski definition) is 3. The van der Waals surface area contributed by atoms with Crippen LogP contribution in [0.5, 0.6) is 0 Å². The molecule has 4 heteroatoms. The van der Waals surface area contributed by atoms with Crippen LogP contribution in [-0.2, 0) is 6.42 Å². The maximum atomic E-state index is 10.9. The molecule has 0 heterocycles. The molecule has 0 radical (unpaired) electrons. The Morgan fingerprint density at radius 3 is 2.81 bits per heavy atom. The number of nitrogens with zero attached hydrogens (tertiary/aromatic N) is 1. The maximum Gasteiger partial charge on any atom is 0.270 e. The van der Waals surface area contributed by atoms with E-state index < -0.39 is 0 Å². The van der Waals surface area contributed by atoms with Crippen molar-refractivity contribution >= 4 is 5.69 Å². The van der Waals surface area contributed by atoms with Crippen molar-refractivity contribution in [3.8, 4) is 11.1 Å². The molecule has 0 aliphatic heterocycles. The van der Waals surface area contributed by atoms with Gasteiger partial charge in [0, 0.05) is 18.2 Å². The van der Waals surface area contributed by atoms with E-state index in [1.807, 2.05) is 6.07 Å². The van der Waals surface area contributed by atoms with E-state index in [2.05, 4.69) is 30.4 Å². The van der Waals surface area contributed by atoms with Crippen LogP contribution >= 0.6 is 0 Å². The summed E-state index contributed by atoms with van der Waals surface area (Å²) >= 11 is 0. The Balaban J connectivity index is 1.95. The smallest absolute Gasteiger partial charge is 0.270 e. The highest BCUT2D eigenvalue weighted by atomic mass is 16.6. The summed E-state index contributed by atoms with van der Waals surface area (Å²) in [6.45, 7) is 3.09. The molecule has 1 aliphatic carbocycles. The van der Waals surface area contributed by atoms with Crippen LogP contribution in [0.15, 0.2) is 42.5 Å². The van der Waals surface area contributed by atoms with Gasteiger partial charge >= 0.3 is 0 Å². The summed E-state index contributed by atoms with van der Waals surface area (Å²) in [5, 5.41) is 14.4. The van der Waals surface area contributed by atoms with Gasteiger partial charge in [-0.25, -0.2) is 0 Å². The van der Waals surface area contributed by atoms with Crippen molar-refractivity contribution in [2.75, 3.05) is 6.54 Å². The summed E-state index contributed by atoms with van der Waals surface area (Å²) in [4.78, 5) is 10.5. The van der Waals surface area contributed by atoms with Crippen LogP contribution in [0.1, 0.15) is 30.5 Å². The van der Waals surface area contributed by atoms with E-state index >= 15 is 0 Å². The zero-order valence-corrected chi connectivity index (χ0v) is 12.0. The summed E-state index contributed by atoms with van der Waals surface area (Å²) in [7, 11) is 0. The number of fused-ring (bicyclic) bond motifs is 1. The molecule has 1 N–H and O–H groups in total. The Morgan fingerprint density at radius 1 is 1.24 bits per heavy atom. The first kappa shape index (κ1) is 13.8. The number of benzene rings is 2. The molecule has 1 atom stereocenters. The molecular formula is C17H18N2O2. The van der Waals surface area contributed by atoms with Gasteiger partial charge in [-0.1, -0.05) is 37.3 Å². The molecule has 0 bridgehead atoms. The molecule has 0 amide bonds. The minimum atomic E-state index is -0.349. The molecule has 0 aromatic heterocycles. The molecule has 2 aromatic carbocycles. The fraction of sp³-hybridized carbons (Fsp3) is 0.294. The van der Waals surface area contributed by atoms with E-state index in [1.165, 1.54) is 17.2 Å². The number of nitro groups is 1. The second-order valence-electron chi connectivity index (χ2n) is 5.37. The van der Waals surface area contributed by atoms with Crippen molar-refractivity contribution in [3.63, 3.8) is 0 Å². The first-order chi connectivity index (χ1) is 10.2. The number of aryl methyl sites for hydroxylation is 1. The zero-order chi connectivity index (χ0) is 14.8. The number of rotatable bonds is 4. The average Bonchev–Trinajstić information content (AvgIpc) is 2.90. The summed E-state index contributed by atoms with van der Waals surface area (Å²) in [6, 6.07) is 13.7. The number of nitro benzene ring substituents is 1. The largest absolute Gasteiger partial charge is 0.310 e. The molecule has 0 saturated carbocycles. The SMILES string of the molecule is CCNC1CCc2cc(-c3cccc([N+](=O)[O-])c3)ccc21. The molecule has 0 saturated heterocycles. The van der Waals surface area contributed by atoms with Crippen molar-refractivity contribution in [1.82, 2.24) is 5.32 Å². The Labute approximate surface area is 124 Å². The fourth-order valence-electron chi connectivity index (χ4n) is 3.05. The summed E-state index contributed by atoms with van der Waals surface area (Å²) in [6.07, 6.45) is 2.19. The van der Waals surface area contributed by atoms with Gasteiger partial charge in [0.15, 0.2) is 0 Å². The molecular weight excluding hydrogens is 264 g/mol. The third-order valence-corrected chi connectivity index (χ3v) is 4.06. The van der Waals surface area contributed by atoms with Crippen LogP contribution in [0.25, 0.3) is 11.1 Å². The molecule has 21 heavy (non-hydrogen) atoms. The van der Waals surface area contributed by atoms with Crippen molar-refractivity contribution in [3.05, 3.63) is 63.7 Å². The lowest BCUT2D eigenvalue weighted by Gasteiger charge is -2.12. The highest BCUT2D eigenvalue weighted by Crippen LogP contribution is 2.34. The van der Waals surface area contributed by atoms with Gasteiger partial charge in [-0.15, -0.1) is 0 Å². The Hall–Kier alpha value is -2.20. The molecule has 1 unspecified atom stereocenters. The topological polar surface area (TPSA) is 55.2 Å². The summed E-state index contributed by atoms with van der Waals surface area (Å²) in [5.74, 6) is 0. The molecule has 1 aliphatic rings. The van der Waals surface area contributed by atoms with E-state index in [0.717, 1.165) is 30.5 Å². The minimum Gasteiger partial charge on any atom is -0.310 e. The number of hydrogen-bond donors (Lipinski definition) is 1. The van der Waals surface area contributed by atoms with E-state index in [-0.39, 0.29) is 10.6 Å². The van der Waals surface area contributed by atoms with Crippen LogP contribution in [0.3, 0.4) is 0 Å². The number of non-ortho nitro benzene ring substituents is 1. The molecule has 0 fully saturated rings. The molecule has 0 spiro atoms. The first-order valence-corrected chi connectivity index (χ1v) is 7.30. The molecule has 4 nitrogen and oxygen atoms in total. The van der Waals surface area contributed by atoms with Crippen LogP contribution in [0.2, 0.25) is 0 Å². The third-order valence-electron chi connectivity index (χ3n) is 4.06. The third kappa shape index (κ3) is 2.67. The van der Waals surface area contributed by atoms with Crippen LogP contribution < -0.4 is 5.32 Å². The first-order valence-electron chi connectivity index (χ1n) is 7.30. The fourth-order valence-corrected chi connectivity index (χ4v) is 3.05. The van der Waals surface area contributed by atoms with Gasteiger partial charge in [-0.2, -0.15) is 0 Å². The van der Waals surface area contributed by atoms with E-state index in [0.29, 0.717) is 6.04 Å². The lowest BCUT2D eigenvalue weighted by atomic mass is 9.99. The predicted molar refractivity (Wildman–Crippen MR) is 83.3 cm³/mol. The van der Waals surface area contributed by atoms with E-state index in [4.69, 9.17) is 0 Å². The lowest BCUT2D eigenvalue weighted by Crippen LogP contribution is -2.18. The molecule has 2 aromatic rings. The minimum absolute atomic E-state index is 0.138. The maximum absolute atomic E-state index is 10.9. The van der Waals surface area contributed by atoms with Gasteiger partial charge in [0.2, 0.25) is 0 Å². The van der Waals surface area contributed by atoms with Crippen molar-refractivity contribution in [2.45, 2.75) is 25.8 Å². The van der Waals surface area contributed by atoms with Gasteiger partial charge in [0.1, 0.15) is 0 Å². The zero-order valence-electron chi connectivity index (χ0n) is 12.0. The van der Waals surface area contributed by atoms with Gasteiger partial charge in [-0.05, 0) is 41.6 Å². The van der Waals surface area contributed by atoms with Gasteiger partial charge in [-0.3, -0.25) is 10.1 Å². The van der Waals surface area contributed by atoms with Crippen LogP contribution in [-0.4, -0.2) is 11.5 Å². The van der Waals surface area contributed by atoms with Crippen molar-refractivity contribution in [1.29, 1.82) is 0 Å². The highest BCUT2D eigenvalue weighted by molar-refractivity contribution is 5.67.